The molecule has 0 aliphatic carbocycles. The van der Waals surface area contributed by atoms with E-state index >= 15 is 0 Å². The standard InChI is InChI=1S/C24H27NO5/c1-17(2)28-16-29-20-9-7-19(8-10-20)23(27)25-14-13-24(15-22(25)26)12-11-18-5-3-4-6-21(18)30-24/h3-10,17H,11-16H2,1-2H3. The number of para-hydroxylation sites is 1. The van der Waals surface area contributed by atoms with Crippen molar-refractivity contribution in [3.05, 3.63) is 59.7 Å². The summed E-state index contributed by atoms with van der Waals surface area (Å²) in [7, 11) is 0. The molecule has 1 saturated heterocycles. The first-order valence-corrected chi connectivity index (χ1v) is 10.4. The monoisotopic (exact) mass is 409 g/mol. The Balaban J connectivity index is 1.38. The number of ether oxygens (including phenoxy) is 3. The Kier molecular flexibility index (Phi) is 5.77. The number of nitrogens with zero attached hydrogens (tertiary/aromatic N) is 1. The fraction of sp³-hybridized carbons (Fsp3) is 0.417. The molecule has 2 aliphatic heterocycles. The summed E-state index contributed by atoms with van der Waals surface area (Å²) < 4.78 is 17.1. The van der Waals surface area contributed by atoms with Crippen molar-refractivity contribution in [1.82, 2.24) is 4.90 Å². The van der Waals surface area contributed by atoms with Crippen molar-refractivity contribution in [3.63, 3.8) is 0 Å². The molecule has 2 heterocycles. The Morgan fingerprint density at radius 3 is 2.63 bits per heavy atom. The second-order valence-electron chi connectivity index (χ2n) is 8.17. The number of hydrogen-bond donors (Lipinski definition) is 0. The van der Waals surface area contributed by atoms with Crippen LogP contribution in [0.3, 0.4) is 0 Å². The van der Waals surface area contributed by atoms with Crippen LogP contribution in [0.2, 0.25) is 0 Å². The molecule has 2 amide bonds. The molecule has 0 aromatic heterocycles. The number of likely N-dealkylation sites (tertiary alicyclic amines) is 1. The van der Waals surface area contributed by atoms with Gasteiger partial charge in [-0.15, -0.1) is 0 Å². The van der Waals surface area contributed by atoms with Gasteiger partial charge < -0.3 is 14.2 Å². The number of hydrogen-bond acceptors (Lipinski definition) is 5. The molecule has 1 fully saturated rings. The van der Waals surface area contributed by atoms with E-state index in [1.54, 1.807) is 24.3 Å². The average Bonchev–Trinajstić information content (AvgIpc) is 2.73. The van der Waals surface area contributed by atoms with Crippen molar-refractivity contribution in [2.75, 3.05) is 13.3 Å². The number of piperidine rings is 1. The summed E-state index contributed by atoms with van der Waals surface area (Å²) in [5.41, 5.74) is 1.14. The van der Waals surface area contributed by atoms with Gasteiger partial charge in [0.25, 0.3) is 5.91 Å². The number of imide groups is 1. The van der Waals surface area contributed by atoms with Gasteiger partial charge in [-0.1, -0.05) is 18.2 Å². The van der Waals surface area contributed by atoms with Gasteiger partial charge >= 0.3 is 0 Å². The molecular formula is C24H27NO5. The summed E-state index contributed by atoms with van der Waals surface area (Å²) in [5, 5.41) is 0. The van der Waals surface area contributed by atoms with Crippen LogP contribution in [-0.4, -0.2) is 41.8 Å². The maximum absolute atomic E-state index is 12.9. The third kappa shape index (κ3) is 4.33. The van der Waals surface area contributed by atoms with Crippen LogP contribution < -0.4 is 9.47 Å². The molecule has 1 atom stereocenters. The molecule has 30 heavy (non-hydrogen) atoms. The van der Waals surface area contributed by atoms with Crippen molar-refractivity contribution < 1.29 is 23.8 Å². The summed E-state index contributed by atoms with van der Waals surface area (Å²) in [6.45, 7) is 4.38. The predicted octanol–water partition coefficient (Wildman–Crippen LogP) is 3.97. The quantitative estimate of drug-likeness (QED) is 0.552. The Morgan fingerprint density at radius 1 is 1.13 bits per heavy atom. The summed E-state index contributed by atoms with van der Waals surface area (Å²) in [6, 6.07) is 14.7. The topological polar surface area (TPSA) is 65.1 Å². The third-order valence-electron chi connectivity index (χ3n) is 5.69. The van der Waals surface area contributed by atoms with E-state index in [1.807, 2.05) is 32.0 Å². The minimum absolute atomic E-state index is 0.0841. The van der Waals surface area contributed by atoms with Gasteiger partial charge in [-0.05, 0) is 62.6 Å². The normalized spacial score (nSPS) is 20.8. The lowest BCUT2D eigenvalue weighted by molar-refractivity contribution is -0.139. The van der Waals surface area contributed by atoms with Gasteiger partial charge in [-0.2, -0.15) is 0 Å². The van der Waals surface area contributed by atoms with Crippen molar-refractivity contribution in [2.45, 2.75) is 51.2 Å². The number of aryl methyl sites for hydroxylation is 1. The van der Waals surface area contributed by atoms with E-state index in [-0.39, 0.29) is 31.1 Å². The van der Waals surface area contributed by atoms with Crippen molar-refractivity contribution in [2.24, 2.45) is 0 Å². The second kappa shape index (κ2) is 8.48. The van der Waals surface area contributed by atoms with Gasteiger partial charge in [0.1, 0.15) is 17.1 Å². The van der Waals surface area contributed by atoms with Gasteiger partial charge in [0.2, 0.25) is 5.91 Å². The fourth-order valence-electron chi connectivity index (χ4n) is 3.96. The van der Waals surface area contributed by atoms with Gasteiger partial charge in [0, 0.05) is 18.5 Å². The molecule has 0 N–H and O–H groups in total. The van der Waals surface area contributed by atoms with Gasteiger partial charge in [-0.3, -0.25) is 14.5 Å². The van der Waals surface area contributed by atoms with E-state index in [0.717, 1.165) is 18.6 Å². The van der Waals surface area contributed by atoms with Crippen molar-refractivity contribution >= 4 is 11.8 Å². The number of carbonyl (C=O) groups excluding carboxylic acids is 2. The third-order valence-corrected chi connectivity index (χ3v) is 5.69. The SMILES string of the molecule is CC(C)OCOc1ccc(C(=O)N2CCC3(CCc4ccccc4O3)CC2=O)cc1. The lowest BCUT2D eigenvalue weighted by atomic mass is 9.82. The molecule has 6 nitrogen and oxygen atoms in total. The van der Waals surface area contributed by atoms with Crippen LogP contribution in [0.25, 0.3) is 0 Å². The number of amides is 2. The zero-order chi connectivity index (χ0) is 21.1. The molecule has 2 aromatic rings. The highest BCUT2D eigenvalue weighted by Gasteiger charge is 2.44. The fourth-order valence-corrected chi connectivity index (χ4v) is 3.96. The molecule has 1 spiro atoms. The highest BCUT2D eigenvalue weighted by Crippen LogP contribution is 2.39. The predicted molar refractivity (Wildman–Crippen MR) is 112 cm³/mol. The van der Waals surface area contributed by atoms with E-state index < -0.39 is 5.60 Å². The molecule has 0 saturated carbocycles. The summed E-state index contributed by atoms with van der Waals surface area (Å²) >= 11 is 0. The second-order valence-corrected chi connectivity index (χ2v) is 8.17. The Labute approximate surface area is 176 Å². The number of benzene rings is 2. The Morgan fingerprint density at radius 2 is 1.90 bits per heavy atom. The van der Waals surface area contributed by atoms with Crippen LogP contribution in [0.4, 0.5) is 0 Å². The first-order chi connectivity index (χ1) is 14.5. The Bertz CT molecular complexity index is 923. The number of rotatable bonds is 5. The van der Waals surface area contributed by atoms with E-state index in [1.165, 1.54) is 10.5 Å². The maximum atomic E-state index is 12.9. The van der Waals surface area contributed by atoms with Gasteiger partial charge in [0.05, 0.1) is 12.5 Å². The van der Waals surface area contributed by atoms with Crippen LogP contribution in [0, 0.1) is 0 Å². The minimum Gasteiger partial charge on any atom is -0.486 e. The van der Waals surface area contributed by atoms with Crippen LogP contribution in [0.15, 0.2) is 48.5 Å². The smallest absolute Gasteiger partial charge is 0.260 e. The van der Waals surface area contributed by atoms with E-state index in [9.17, 15) is 9.59 Å². The minimum atomic E-state index is -0.504. The van der Waals surface area contributed by atoms with Crippen molar-refractivity contribution in [3.8, 4) is 11.5 Å². The zero-order valence-electron chi connectivity index (χ0n) is 17.4. The number of carbonyl (C=O) groups is 2. The van der Waals surface area contributed by atoms with Crippen LogP contribution in [0.5, 0.6) is 11.5 Å². The summed E-state index contributed by atoms with van der Waals surface area (Å²) in [5.74, 6) is 1.01. The molecular weight excluding hydrogens is 382 g/mol. The highest BCUT2D eigenvalue weighted by atomic mass is 16.7. The van der Waals surface area contributed by atoms with E-state index in [2.05, 4.69) is 6.07 Å². The van der Waals surface area contributed by atoms with Crippen LogP contribution in [0.1, 0.15) is 49.0 Å². The molecule has 0 bridgehead atoms. The van der Waals surface area contributed by atoms with Crippen molar-refractivity contribution in [1.29, 1.82) is 0 Å². The zero-order valence-corrected chi connectivity index (χ0v) is 17.4. The Hall–Kier alpha value is -2.86. The molecule has 0 radical (unpaired) electrons. The van der Waals surface area contributed by atoms with Gasteiger partial charge in [0.15, 0.2) is 6.79 Å². The van der Waals surface area contributed by atoms with Crippen LogP contribution in [-0.2, 0) is 16.0 Å². The first kappa shape index (κ1) is 20.4. The molecule has 1 unspecified atom stereocenters. The molecule has 2 aromatic carbocycles. The summed E-state index contributed by atoms with van der Waals surface area (Å²) in [4.78, 5) is 27.1. The molecule has 4 rings (SSSR count). The molecule has 158 valence electrons. The van der Waals surface area contributed by atoms with Gasteiger partial charge in [-0.25, -0.2) is 0 Å². The lowest BCUT2D eigenvalue weighted by Gasteiger charge is -2.43. The largest absolute Gasteiger partial charge is 0.486 e. The maximum Gasteiger partial charge on any atom is 0.260 e. The van der Waals surface area contributed by atoms with E-state index in [4.69, 9.17) is 14.2 Å². The van der Waals surface area contributed by atoms with E-state index in [0.29, 0.717) is 24.3 Å². The molecule has 6 heteroatoms. The summed E-state index contributed by atoms with van der Waals surface area (Å²) in [6.07, 6.45) is 2.63. The average molecular weight is 409 g/mol. The number of fused-ring (bicyclic) bond motifs is 1. The highest BCUT2D eigenvalue weighted by molar-refractivity contribution is 6.05. The lowest BCUT2D eigenvalue weighted by Crippen LogP contribution is -2.54. The molecule has 2 aliphatic rings. The first-order valence-electron chi connectivity index (χ1n) is 10.4. The van der Waals surface area contributed by atoms with Crippen LogP contribution >= 0.6 is 0 Å².